The lowest BCUT2D eigenvalue weighted by atomic mass is 9.80. The van der Waals surface area contributed by atoms with Crippen LogP contribution in [-0.2, 0) is 14.3 Å². The number of amides is 1. The van der Waals surface area contributed by atoms with Crippen LogP contribution in [0.1, 0.15) is 31.2 Å². The highest BCUT2D eigenvalue weighted by Gasteiger charge is 2.38. The Morgan fingerprint density at radius 2 is 2.21 bits per heavy atom. The number of hydrogen-bond acceptors (Lipinski definition) is 6. The molecule has 0 fully saturated rings. The van der Waals surface area contributed by atoms with Gasteiger partial charge in [-0.2, -0.15) is 0 Å². The molecule has 2 N–H and O–H groups in total. The predicted molar refractivity (Wildman–Crippen MR) is 102 cm³/mol. The van der Waals surface area contributed by atoms with Crippen LogP contribution in [0, 0.1) is 18.3 Å². The first kappa shape index (κ1) is 20.1. The molecule has 0 unspecified atom stereocenters. The summed E-state index contributed by atoms with van der Waals surface area (Å²) in [4.78, 5) is 12.5. The quantitative estimate of drug-likeness (QED) is 0.663. The lowest BCUT2D eigenvalue weighted by Crippen LogP contribution is -2.39. The molecule has 0 radical (unpaired) electrons. The van der Waals surface area contributed by atoms with E-state index in [2.05, 4.69) is 11.2 Å². The van der Waals surface area contributed by atoms with Gasteiger partial charge >= 0.3 is 0 Å². The zero-order valence-corrected chi connectivity index (χ0v) is 15.8. The molecule has 2 aliphatic rings. The van der Waals surface area contributed by atoms with Crippen LogP contribution in [0.25, 0.3) is 0 Å². The maximum atomic E-state index is 12.5. The fourth-order valence-corrected chi connectivity index (χ4v) is 3.48. The Labute approximate surface area is 164 Å². The van der Waals surface area contributed by atoms with E-state index in [9.17, 15) is 9.90 Å². The first-order valence-corrected chi connectivity index (χ1v) is 9.40. The maximum Gasteiger partial charge on any atom is 0.286 e. The predicted octanol–water partition coefficient (Wildman–Crippen LogP) is 1.91. The molecule has 0 saturated heterocycles. The monoisotopic (exact) mass is 387 g/mol. The van der Waals surface area contributed by atoms with Gasteiger partial charge in [0.15, 0.2) is 17.3 Å². The molecule has 3 atom stereocenters. The molecule has 1 aromatic carbocycles. The van der Waals surface area contributed by atoms with Crippen molar-refractivity contribution in [1.29, 1.82) is 0 Å². The fraction of sp³-hybridized carbons (Fsp3) is 0.476. The Morgan fingerprint density at radius 3 is 2.96 bits per heavy atom. The molecule has 0 spiro atoms. The maximum absolute atomic E-state index is 12.5. The highest BCUT2D eigenvalue weighted by Crippen LogP contribution is 2.42. The molecule has 7 nitrogen and oxygen atoms in total. The van der Waals surface area contributed by atoms with Gasteiger partial charge in [0.2, 0.25) is 13.1 Å². The van der Waals surface area contributed by atoms with Crippen molar-refractivity contribution in [1.82, 2.24) is 5.32 Å². The van der Waals surface area contributed by atoms with Crippen molar-refractivity contribution in [3.8, 4) is 23.8 Å². The second kappa shape index (κ2) is 9.49. The van der Waals surface area contributed by atoms with Crippen molar-refractivity contribution in [3.63, 3.8) is 0 Å². The van der Waals surface area contributed by atoms with E-state index in [0.717, 1.165) is 5.56 Å². The third-order valence-electron chi connectivity index (χ3n) is 4.77. The van der Waals surface area contributed by atoms with Gasteiger partial charge in [0.05, 0.1) is 6.54 Å². The summed E-state index contributed by atoms with van der Waals surface area (Å²) in [7, 11) is 0. The largest absolute Gasteiger partial charge is 0.459 e. The summed E-state index contributed by atoms with van der Waals surface area (Å²) in [6.45, 7) is 2.69. The molecule has 7 heteroatoms. The Balaban J connectivity index is 1.95. The Hall–Kier alpha value is -2.69. The molecule has 150 valence electrons. The number of fused-ring (bicyclic) bond motifs is 1. The summed E-state index contributed by atoms with van der Waals surface area (Å²) >= 11 is 0. The van der Waals surface area contributed by atoms with Gasteiger partial charge in [0.1, 0.15) is 0 Å². The highest BCUT2D eigenvalue weighted by atomic mass is 16.7. The van der Waals surface area contributed by atoms with E-state index in [-0.39, 0.29) is 43.4 Å². The number of hydrogen-bond donors (Lipinski definition) is 2. The molecule has 1 aromatic rings. The van der Waals surface area contributed by atoms with Crippen molar-refractivity contribution >= 4 is 5.91 Å². The standard InChI is InChI=1S/C21H25NO6/c1-3-9-22-20(24)19-12-16(14-7-8-17-18(11-14)27-13-26-17)15(6-5-10-23)21(28-19)25-4-2/h1,7-8,11-12,15-16,21,23H,4-6,9-10,13H2,2H3,(H,22,24)/t15-,16-,21-/m0/s1. The first-order chi connectivity index (χ1) is 13.7. The van der Waals surface area contributed by atoms with Crippen molar-refractivity contribution in [2.45, 2.75) is 32.0 Å². The number of allylic oxidation sites excluding steroid dienone is 1. The van der Waals surface area contributed by atoms with Gasteiger partial charge in [-0.3, -0.25) is 4.79 Å². The molecule has 0 aliphatic carbocycles. The Bertz CT molecular complexity index is 769. The smallest absolute Gasteiger partial charge is 0.286 e. The van der Waals surface area contributed by atoms with Gasteiger partial charge in [-0.15, -0.1) is 6.42 Å². The first-order valence-electron chi connectivity index (χ1n) is 9.40. The van der Waals surface area contributed by atoms with Crippen LogP contribution in [0.4, 0.5) is 0 Å². The molecular weight excluding hydrogens is 362 g/mol. The third kappa shape index (κ3) is 4.41. The zero-order chi connectivity index (χ0) is 19.9. The number of aliphatic hydroxyl groups excluding tert-OH is 1. The van der Waals surface area contributed by atoms with E-state index < -0.39 is 6.29 Å². The normalized spacial score (nSPS) is 22.8. The van der Waals surface area contributed by atoms with E-state index in [4.69, 9.17) is 25.4 Å². The number of ether oxygens (including phenoxy) is 4. The van der Waals surface area contributed by atoms with Crippen LogP contribution in [0.3, 0.4) is 0 Å². The zero-order valence-electron chi connectivity index (χ0n) is 15.8. The van der Waals surface area contributed by atoms with Crippen molar-refractivity contribution in [3.05, 3.63) is 35.6 Å². The lowest BCUT2D eigenvalue weighted by Gasteiger charge is -2.37. The fourth-order valence-electron chi connectivity index (χ4n) is 3.48. The molecule has 2 heterocycles. The molecule has 1 amide bonds. The van der Waals surface area contributed by atoms with Crippen LogP contribution in [0.5, 0.6) is 11.5 Å². The summed E-state index contributed by atoms with van der Waals surface area (Å²) in [5.74, 6) is 3.31. The SMILES string of the molecule is C#CCNC(=O)C1=C[C@@H](c2ccc3c(c2)OCO3)[C@H](CCCO)[C@@H](OCC)O1. The average molecular weight is 387 g/mol. The number of terminal acetylenes is 1. The molecule has 0 bridgehead atoms. The molecule has 28 heavy (non-hydrogen) atoms. The van der Waals surface area contributed by atoms with Crippen LogP contribution >= 0.6 is 0 Å². The Kier molecular flexibility index (Phi) is 6.80. The summed E-state index contributed by atoms with van der Waals surface area (Å²) in [6, 6.07) is 5.73. The Morgan fingerprint density at radius 1 is 1.39 bits per heavy atom. The number of carbonyl (C=O) groups excluding carboxylic acids is 1. The molecule has 3 rings (SSSR count). The lowest BCUT2D eigenvalue weighted by molar-refractivity contribution is -0.166. The van der Waals surface area contributed by atoms with Gasteiger partial charge < -0.3 is 29.4 Å². The average Bonchev–Trinajstić information content (AvgIpc) is 3.18. The molecule has 0 aromatic heterocycles. The third-order valence-corrected chi connectivity index (χ3v) is 4.77. The van der Waals surface area contributed by atoms with Crippen LogP contribution in [0.2, 0.25) is 0 Å². The van der Waals surface area contributed by atoms with Crippen molar-refractivity contribution in [2.75, 3.05) is 26.6 Å². The minimum absolute atomic E-state index is 0.0719. The van der Waals surface area contributed by atoms with E-state index in [1.54, 1.807) is 6.08 Å². The van der Waals surface area contributed by atoms with Gasteiger partial charge in [0.25, 0.3) is 5.91 Å². The summed E-state index contributed by atoms with van der Waals surface area (Å²) in [6.07, 6.45) is 7.69. The van der Waals surface area contributed by atoms with Crippen molar-refractivity contribution in [2.24, 2.45) is 5.92 Å². The van der Waals surface area contributed by atoms with Crippen LogP contribution in [0.15, 0.2) is 30.0 Å². The summed E-state index contributed by atoms with van der Waals surface area (Å²) in [5, 5.41) is 11.9. The van der Waals surface area contributed by atoms with E-state index in [0.29, 0.717) is 30.9 Å². The van der Waals surface area contributed by atoms with E-state index >= 15 is 0 Å². The van der Waals surface area contributed by atoms with E-state index in [1.807, 2.05) is 25.1 Å². The van der Waals surface area contributed by atoms with Gasteiger partial charge in [0, 0.05) is 25.0 Å². The molecule has 0 saturated carbocycles. The summed E-state index contributed by atoms with van der Waals surface area (Å²) < 4.78 is 22.6. The minimum atomic E-state index is -0.608. The van der Waals surface area contributed by atoms with Crippen LogP contribution in [-0.4, -0.2) is 43.9 Å². The van der Waals surface area contributed by atoms with Gasteiger partial charge in [-0.25, -0.2) is 0 Å². The topological polar surface area (TPSA) is 86.3 Å². The van der Waals surface area contributed by atoms with Gasteiger partial charge in [-0.05, 0) is 43.5 Å². The van der Waals surface area contributed by atoms with E-state index in [1.165, 1.54) is 0 Å². The second-order valence-electron chi connectivity index (χ2n) is 6.53. The summed E-state index contributed by atoms with van der Waals surface area (Å²) in [5.41, 5.74) is 0.961. The second-order valence-corrected chi connectivity index (χ2v) is 6.53. The minimum Gasteiger partial charge on any atom is -0.459 e. The number of rotatable bonds is 8. The highest BCUT2D eigenvalue weighted by molar-refractivity contribution is 5.91. The number of aliphatic hydroxyl groups is 1. The molecular formula is C21H25NO6. The number of benzene rings is 1. The van der Waals surface area contributed by atoms with Gasteiger partial charge in [-0.1, -0.05) is 12.0 Å². The molecule has 2 aliphatic heterocycles. The van der Waals surface area contributed by atoms with Crippen LogP contribution < -0.4 is 14.8 Å². The number of carbonyl (C=O) groups is 1. The number of nitrogens with one attached hydrogen (secondary N) is 1. The van der Waals surface area contributed by atoms with Crippen molar-refractivity contribution < 1.29 is 28.8 Å².